The first-order valence-corrected chi connectivity index (χ1v) is 8.91. The van der Waals surface area contributed by atoms with Gasteiger partial charge in [-0.1, -0.05) is 15.9 Å². The lowest BCUT2D eigenvalue weighted by Gasteiger charge is -2.31. The molecule has 1 aliphatic rings. The van der Waals surface area contributed by atoms with Crippen LogP contribution in [0.2, 0.25) is 0 Å². The Morgan fingerprint density at radius 1 is 1.29 bits per heavy atom. The van der Waals surface area contributed by atoms with E-state index >= 15 is 0 Å². The number of rotatable bonds is 3. The predicted octanol–water partition coefficient (Wildman–Crippen LogP) is 3.20. The Morgan fingerprint density at radius 3 is 2.67 bits per heavy atom. The van der Waals surface area contributed by atoms with E-state index in [1.54, 1.807) is 0 Å². The lowest BCUT2D eigenvalue weighted by Crippen LogP contribution is -2.38. The van der Waals surface area contributed by atoms with Crippen LogP contribution in [0.15, 0.2) is 28.7 Å². The van der Waals surface area contributed by atoms with Crippen molar-refractivity contribution in [3.05, 3.63) is 51.4 Å². The molecule has 6 heteroatoms. The molecule has 1 aromatic heterocycles. The molecule has 0 saturated heterocycles. The topological polar surface area (TPSA) is 49.3 Å². The Bertz CT molecular complexity index is 760. The highest BCUT2D eigenvalue weighted by Crippen LogP contribution is 2.27. The van der Waals surface area contributed by atoms with E-state index in [0.717, 1.165) is 40.3 Å². The Labute approximate surface area is 150 Å². The third-order valence-electron chi connectivity index (χ3n) is 4.36. The third kappa shape index (κ3) is 3.29. The van der Waals surface area contributed by atoms with Crippen molar-refractivity contribution in [2.75, 3.05) is 25.0 Å². The van der Waals surface area contributed by atoms with Crippen molar-refractivity contribution in [3.8, 4) is 0 Å². The number of benzene rings is 1. The van der Waals surface area contributed by atoms with Gasteiger partial charge in [0.2, 0.25) is 0 Å². The summed E-state index contributed by atoms with van der Waals surface area (Å²) in [5, 5.41) is 0. The van der Waals surface area contributed by atoms with Gasteiger partial charge >= 0.3 is 0 Å². The summed E-state index contributed by atoms with van der Waals surface area (Å²) in [4.78, 5) is 26.0. The summed E-state index contributed by atoms with van der Waals surface area (Å²) < 4.78 is 0.971. The molecule has 1 amide bonds. The lowest BCUT2D eigenvalue weighted by atomic mass is 10.0. The van der Waals surface area contributed by atoms with Crippen LogP contribution in [0.4, 0.5) is 5.82 Å². The quantitative estimate of drug-likeness (QED) is 0.809. The molecule has 0 unspecified atom stereocenters. The molecule has 2 aromatic rings. The van der Waals surface area contributed by atoms with Gasteiger partial charge in [-0.3, -0.25) is 4.79 Å². The van der Waals surface area contributed by atoms with Crippen LogP contribution < -0.4 is 4.90 Å². The van der Waals surface area contributed by atoms with E-state index in [9.17, 15) is 4.79 Å². The molecule has 3 rings (SSSR count). The van der Waals surface area contributed by atoms with Crippen molar-refractivity contribution < 1.29 is 4.79 Å². The molecule has 1 aromatic carbocycles. The largest absolute Gasteiger partial charge is 0.360 e. The fourth-order valence-electron chi connectivity index (χ4n) is 2.93. The maximum absolute atomic E-state index is 12.8. The number of hydrogen-bond acceptors (Lipinski definition) is 4. The van der Waals surface area contributed by atoms with Crippen molar-refractivity contribution in [1.29, 1.82) is 0 Å². The standard InChI is InChI=1S/C18H21BrN4O/c1-4-22(3)17-15-11-23(10-9-16(15)20-12(2)21-17)18(24)13-5-7-14(19)8-6-13/h5-8H,4,9-11H2,1-3H3. The number of fused-ring (bicyclic) bond motifs is 1. The molecular formula is C18H21BrN4O. The zero-order valence-corrected chi connectivity index (χ0v) is 15.8. The number of aromatic nitrogens is 2. The minimum absolute atomic E-state index is 0.0545. The minimum Gasteiger partial charge on any atom is -0.360 e. The predicted molar refractivity (Wildman–Crippen MR) is 98.3 cm³/mol. The zero-order valence-electron chi connectivity index (χ0n) is 14.2. The summed E-state index contributed by atoms with van der Waals surface area (Å²) >= 11 is 3.41. The highest BCUT2D eigenvalue weighted by molar-refractivity contribution is 9.10. The molecule has 0 radical (unpaired) electrons. The van der Waals surface area contributed by atoms with Crippen LogP contribution in [-0.2, 0) is 13.0 Å². The molecule has 2 heterocycles. The van der Waals surface area contributed by atoms with Crippen molar-refractivity contribution in [3.63, 3.8) is 0 Å². The SMILES string of the molecule is CCN(C)c1nc(C)nc2c1CN(C(=O)c1ccc(Br)cc1)CC2. The van der Waals surface area contributed by atoms with Crippen molar-refractivity contribution >= 4 is 27.7 Å². The second kappa shape index (κ2) is 6.89. The smallest absolute Gasteiger partial charge is 0.254 e. The molecule has 0 bridgehead atoms. The van der Waals surface area contributed by atoms with Crippen LogP contribution >= 0.6 is 15.9 Å². The van der Waals surface area contributed by atoms with Crippen molar-refractivity contribution in [2.24, 2.45) is 0 Å². The fourth-order valence-corrected chi connectivity index (χ4v) is 3.20. The third-order valence-corrected chi connectivity index (χ3v) is 4.89. The van der Waals surface area contributed by atoms with Crippen molar-refractivity contribution in [1.82, 2.24) is 14.9 Å². The fraction of sp³-hybridized carbons (Fsp3) is 0.389. The highest BCUT2D eigenvalue weighted by atomic mass is 79.9. The Kier molecular flexibility index (Phi) is 4.85. The Balaban J connectivity index is 1.90. The van der Waals surface area contributed by atoms with Gasteiger partial charge < -0.3 is 9.80 Å². The first-order chi connectivity index (χ1) is 11.5. The average molecular weight is 389 g/mol. The van der Waals surface area contributed by atoms with Gasteiger partial charge in [-0.15, -0.1) is 0 Å². The number of hydrogen-bond donors (Lipinski definition) is 0. The molecule has 0 aliphatic carbocycles. The number of nitrogens with zero attached hydrogens (tertiary/aromatic N) is 4. The second-order valence-corrected chi connectivity index (χ2v) is 6.93. The zero-order chi connectivity index (χ0) is 17.3. The Morgan fingerprint density at radius 2 is 2.00 bits per heavy atom. The van der Waals surface area contributed by atoms with Crippen LogP contribution in [-0.4, -0.2) is 40.9 Å². The first kappa shape index (κ1) is 16.9. The van der Waals surface area contributed by atoms with Gasteiger partial charge in [-0.05, 0) is 38.1 Å². The summed E-state index contributed by atoms with van der Waals surface area (Å²) in [7, 11) is 2.03. The van der Waals surface area contributed by atoms with E-state index in [4.69, 9.17) is 0 Å². The molecule has 24 heavy (non-hydrogen) atoms. The van der Waals surface area contributed by atoms with Gasteiger partial charge in [0, 0.05) is 42.2 Å². The van der Waals surface area contributed by atoms with E-state index in [-0.39, 0.29) is 5.91 Å². The van der Waals surface area contributed by atoms with Crippen LogP contribution in [0.1, 0.15) is 34.4 Å². The summed E-state index contributed by atoms with van der Waals surface area (Å²) in [6, 6.07) is 7.50. The molecule has 0 saturated carbocycles. The Hall–Kier alpha value is -1.95. The van der Waals surface area contributed by atoms with E-state index in [1.807, 2.05) is 43.1 Å². The maximum atomic E-state index is 12.8. The van der Waals surface area contributed by atoms with Gasteiger partial charge in [0.15, 0.2) is 0 Å². The molecule has 1 aliphatic heterocycles. The number of carbonyl (C=O) groups excluding carboxylic acids is 1. The second-order valence-electron chi connectivity index (χ2n) is 6.02. The molecule has 0 N–H and O–H groups in total. The lowest BCUT2D eigenvalue weighted by molar-refractivity contribution is 0.0733. The maximum Gasteiger partial charge on any atom is 0.254 e. The van der Waals surface area contributed by atoms with Crippen LogP contribution in [0, 0.1) is 6.92 Å². The number of aryl methyl sites for hydroxylation is 1. The summed E-state index contributed by atoms with van der Waals surface area (Å²) in [6.45, 7) is 6.13. The van der Waals surface area contributed by atoms with E-state index in [0.29, 0.717) is 18.7 Å². The summed E-state index contributed by atoms with van der Waals surface area (Å²) in [5.74, 6) is 1.78. The number of halogens is 1. The van der Waals surface area contributed by atoms with Gasteiger partial charge in [-0.25, -0.2) is 9.97 Å². The number of amides is 1. The molecule has 0 fully saturated rings. The first-order valence-electron chi connectivity index (χ1n) is 8.12. The van der Waals surface area contributed by atoms with E-state index in [2.05, 4.69) is 37.7 Å². The van der Waals surface area contributed by atoms with Crippen molar-refractivity contribution in [2.45, 2.75) is 26.8 Å². The molecule has 0 spiro atoms. The molecular weight excluding hydrogens is 368 g/mol. The molecule has 5 nitrogen and oxygen atoms in total. The number of carbonyl (C=O) groups is 1. The van der Waals surface area contributed by atoms with Crippen LogP contribution in [0.25, 0.3) is 0 Å². The molecule has 0 atom stereocenters. The van der Waals surface area contributed by atoms with Gasteiger partial charge in [0.25, 0.3) is 5.91 Å². The number of anilines is 1. The van der Waals surface area contributed by atoms with Gasteiger partial charge in [0.1, 0.15) is 11.6 Å². The highest BCUT2D eigenvalue weighted by Gasteiger charge is 2.26. The van der Waals surface area contributed by atoms with E-state index < -0.39 is 0 Å². The average Bonchev–Trinajstić information content (AvgIpc) is 2.60. The monoisotopic (exact) mass is 388 g/mol. The summed E-state index contributed by atoms with van der Waals surface area (Å²) in [5.41, 5.74) is 2.85. The van der Waals surface area contributed by atoms with Gasteiger partial charge in [-0.2, -0.15) is 0 Å². The molecule has 126 valence electrons. The van der Waals surface area contributed by atoms with Gasteiger partial charge in [0.05, 0.1) is 12.2 Å². The normalized spacial score (nSPS) is 13.6. The summed E-state index contributed by atoms with van der Waals surface area (Å²) in [6.07, 6.45) is 0.769. The van der Waals surface area contributed by atoms with Crippen LogP contribution in [0.3, 0.4) is 0 Å². The van der Waals surface area contributed by atoms with E-state index in [1.165, 1.54) is 0 Å². The minimum atomic E-state index is 0.0545. The van der Waals surface area contributed by atoms with Crippen LogP contribution in [0.5, 0.6) is 0 Å².